The van der Waals surface area contributed by atoms with Gasteiger partial charge < -0.3 is 4.74 Å². The van der Waals surface area contributed by atoms with Crippen molar-refractivity contribution in [3.05, 3.63) is 34.4 Å². The van der Waals surface area contributed by atoms with Gasteiger partial charge in [-0.15, -0.1) is 0 Å². The maximum Gasteiger partial charge on any atom is 0.340 e. The van der Waals surface area contributed by atoms with Crippen LogP contribution in [0, 0.1) is 0 Å². The number of benzene rings is 1. The molecule has 16 heavy (non-hydrogen) atoms. The van der Waals surface area contributed by atoms with Gasteiger partial charge in [-0.05, 0) is 18.2 Å². The molecule has 1 aromatic carbocycles. The van der Waals surface area contributed by atoms with E-state index in [2.05, 4.69) is 37.1 Å². The summed E-state index contributed by atoms with van der Waals surface area (Å²) in [5, 5.41) is 1.01. The van der Waals surface area contributed by atoms with Gasteiger partial charge in [-0.25, -0.2) is 4.79 Å². The van der Waals surface area contributed by atoms with Gasteiger partial charge in [-0.1, -0.05) is 15.9 Å². The first-order valence-electron chi connectivity index (χ1n) is 4.36. The van der Waals surface area contributed by atoms with Crippen molar-refractivity contribution in [3.63, 3.8) is 0 Å². The second-order valence-electron chi connectivity index (χ2n) is 3.06. The van der Waals surface area contributed by atoms with Crippen LogP contribution >= 0.6 is 46.3 Å². The smallest absolute Gasteiger partial charge is 0.340 e. The lowest BCUT2D eigenvalue weighted by Crippen LogP contribution is -2.03. The molecule has 0 N–H and O–H groups in total. The minimum absolute atomic E-state index is 0.317. The van der Waals surface area contributed by atoms with Gasteiger partial charge in [-0.3, -0.25) is 3.97 Å². The summed E-state index contributed by atoms with van der Waals surface area (Å²) in [6.07, 6.45) is 1.93. The van der Waals surface area contributed by atoms with Crippen LogP contribution in [0.3, 0.4) is 0 Å². The van der Waals surface area contributed by atoms with Crippen LogP contribution in [0.2, 0.25) is 0 Å². The van der Waals surface area contributed by atoms with Gasteiger partial charge in [0.2, 0.25) is 0 Å². The third-order valence-corrected chi connectivity index (χ3v) is 4.66. The van der Waals surface area contributed by atoms with E-state index in [0.29, 0.717) is 5.56 Å². The number of nitrogens with zero attached hydrogens (tertiary/aromatic N) is 1. The number of carbonyl (C=O) groups excluding carboxylic acids is 1. The van der Waals surface area contributed by atoms with E-state index in [9.17, 15) is 4.79 Å². The molecule has 0 aliphatic carbocycles. The Hall–Kier alpha value is -0.210. The first-order valence-corrected chi connectivity index (χ1v) is 8.47. The van der Waals surface area contributed by atoms with E-state index in [1.165, 1.54) is 16.2 Å². The molecular weight excluding hydrogens is 405 g/mol. The van der Waals surface area contributed by atoms with Gasteiger partial charge >= 0.3 is 5.97 Å². The van der Waals surface area contributed by atoms with Crippen LogP contribution in [0.15, 0.2) is 28.9 Å². The molecule has 84 valence electrons. The highest BCUT2D eigenvalue weighted by Crippen LogP contribution is 2.32. The summed E-state index contributed by atoms with van der Waals surface area (Å²) >= 11 is 5.64. The molecule has 1 heterocycles. The zero-order chi connectivity index (χ0) is 11.7. The first kappa shape index (κ1) is 12.3. The number of fused-ring (bicyclic) bond motifs is 1. The number of carbonyl (C=O) groups is 1. The molecule has 0 radical (unpaired) electrons. The number of aromatic nitrogens is 1. The van der Waals surface area contributed by atoms with Gasteiger partial charge in [-0.2, -0.15) is 0 Å². The van der Waals surface area contributed by atoms with Crippen molar-refractivity contribution >= 4 is 63.1 Å². The van der Waals surface area contributed by atoms with E-state index >= 15 is 0 Å². The molecule has 6 heteroatoms. The Morgan fingerprint density at radius 3 is 2.88 bits per heavy atom. The number of esters is 1. The molecule has 0 amide bonds. The predicted octanol–water partition coefficient (Wildman–Crippen LogP) is 4.04. The molecule has 2 aromatic rings. The van der Waals surface area contributed by atoms with E-state index in [-0.39, 0.29) is 5.97 Å². The van der Waals surface area contributed by atoms with E-state index in [0.717, 1.165) is 15.4 Å². The Labute approximate surface area is 117 Å². The van der Waals surface area contributed by atoms with Gasteiger partial charge in [0.05, 0.1) is 18.2 Å². The van der Waals surface area contributed by atoms with Crippen molar-refractivity contribution in [1.82, 2.24) is 3.97 Å². The van der Waals surface area contributed by atoms with Crippen LogP contribution in [-0.4, -0.2) is 17.1 Å². The van der Waals surface area contributed by atoms with Crippen molar-refractivity contribution in [2.24, 2.45) is 0 Å². The maximum atomic E-state index is 11.6. The van der Waals surface area contributed by atoms with Crippen LogP contribution < -0.4 is 0 Å². The minimum atomic E-state index is -0.317. The number of hydrogen-bond donors (Lipinski definition) is 0. The molecule has 0 aliphatic heterocycles. The zero-order valence-electron chi connectivity index (χ0n) is 8.24. The molecule has 0 fully saturated rings. The van der Waals surface area contributed by atoms with Gasteiger partial charge in [0.15, 0.2) is 0 Å². The highest BCUT2D eigenvalue weighted by Gasteiger charge is 2.15. The molecular formula is C10H7BrINO2S. The fraction of sp³-hybridized carbons (Fsp3) is 0.100. The van der Waals surface area contributed by atoms with Crippen LogP contribution in [-0.2, 0) is 4.74 Å². The molecule has 0 saturated carbocycles. The molecule has 0 aliphatic rings. The molecule has 0 atom stereocenters. The maximum absolute atomic E-state index is 11.6. The average molecular weight is 412 g/mol. The van der Waals surface area contributed by atoms with Crippen molar-refractivity contribution in [2.45, 2.75) is 0 Å². The second kappa shape index (κ2) is 4.97. The Morgan fingerprint density at radius 1 is 1.50 bits per heavy atom. The number of methoxy groups -OCH3 is 1. The number of ether oxygens (including phenoxy) is 1. The normalized spacial score (nSPS) is 10.7. The summed E-state index contributed by atoms with van der Waals surface area (Å²) in [5.41, 5.74) is 1.45. The van der Waals surface area contributed by atoms with E-state index in [1.807, 2.05) is 22.3 Å². The third-order valence-electron chi connectivity index (χ3n) is 2.24. The molecule has 0 spiro atoms. The summed E-state index contributed by atoms with van der Waals surface area (Å²) in [6.45, 7) is 0. The number of rotatable bonds is 2. The highest BCUT2D eigenvalue weighted by atomic mass is 127. The van der Waals surface area contributed by atoms with Crippen LogP contribution in [0.1, 0.15) is 10.4 Å². The lowest BCUT2D eigenvalue weighted by molar-refractivity contribution is 0.0602. The fourth-order valence-corrected chi connectivity index (χ4v) is 3.34. The van der Waals surface area contributed by atoms with Gasteiger partial charge in [0.25, 0.3) is 0 Å². The van der Waals surface area contributed by atoms with E-state index in [4.69, 9.17) is 4.74 Å². The van der Waals surface area contributed by atoms with Crippen molar-refractivity contribution in [2.75, 3.05) is 7.11 Å². The van der Waals surface area contributed by atoms with Crippen molar-refractivity contribution in [3.8, 4) is 0 Å². The third kappa shape index (κ3) is 1.98. The summed E-state index contributed by atoms with van der Waals surface area (Å²) in [7, 11) is 2.90. The topological polar surface area (TPSA) is 31.2 Å². The molecule has 0 saturated heterocycles. The lowest BCUT2D eigenvalue weighted by atomic mass is 10.1. The van der Waals surface area contributed by atoms with E-state index in [1.54, 1.807) is 6.07 Å². The Morgan fingerprint density at radius 2 is 2.25 bits per heavy atom. The van der Waals surface area contributed by atoms with Crippen molar-refractivity contribution < 1.29 is 9.53 Å². The van der Waals surface area contributed by atoms with E-state index < -0.39 is 0 Å². The summed E-state index contributed by atoms with van der Waals surface area (Å²) < 4.78 is 7.68. The van der Waals surface area contributed by atoms with Gasteiger partial charge in [0, 0.05) is 46.4 Å². The van der Waals surface area contributed by atoms with Gasteiger partial charge in [0.1, 0.15) is 0 Å². The Kier molecular flexibility index (Phi) is 3.81. The predicted molar refractivity (Wildman–Crippen MR) is 78.0 cm³/mol. The van der Waals surface area contributed by atoms with Crippen molar-refractivity contribution in [1.29, 1.82) is 0 Å². The molecule has 0 unspecified atom stereocenters. The Bertz CT molecular complexity index is 555. The summed E-state index contributed by atoms with van der Waals surface area (Å²) in [6, 6.07) is 5.59. The van der Waals surface area contributed by atoms with Crippen LogP contribution in [0.4, 0.5) is 0 Å². The SMILES string of the molecule is COC(=O)c1ccc(Br)c2ccn(SI)c12. The van der Waals surface area contributed by atoms with Crippen LogP contribution in [0.25, 0.3) is 10.9 Å². The monoisotopic (exact) mass is 411 g/mol. The molecule has 2 rings (SSSR count). The zero-order valence-corrected chi connectivity index (χ0v) is 12.8. The quantitative estimate of drug-likeness (QED) is 0.552. The molecule has 1 aromatic heterocycles. The standard InChI is InChI=1S/C10H7BrINO2S/c1-15-10(14)7-2-3-8(11)6-4-5-13(16-12)9(6)7/h2-5H,1H3. The second-order valence-corrected chi connectivity index (χ2v) is 5.63. The minimum Gasteiger partial charge on any atom is -0.465 e. The largest absolute Gasteiger partial charge is 0.465 e. The fourth-order valence-electron chi connectivity index (χ4n) is 1.53. The van der Waals surface area contributed by atoms with Crippen LogP contribution in [0.5, 0.6) is 0 Å². The highest BCUT2D eigenvalue weighted by molar-refractivity contribution is 14.2. The summed E-state index contributed by atoms with van der Waals surface area (Å²) in [5.74, 6) is -0.317. The number of hydrogen-bond acceptors (Lipinski definition) is 3. The lowest BCUT2D eigenvalue weighted by Gasteiger charge is -2.05. The molecule has 0 bridgehead atoms. The average Bonchev–Trinajstić information content (AvgIpc) is 2.73. The molecule has 3 nitrogen and oxygen atoms in total. The first-order chi connectivity index (χ1) is 7.69. The Balaban J connectivity index is 2.79. The number of halogens is 2. The summed E-state index contributed by atoms with van der Waals surface area (Å²) in [4.78, 5) is 11.6.